The molecule has 9 heteroatoms. The topological polar surface area (TPSA) is 95.1 Å². The molecule has 0 radical (unpaired) electrons. The third kappa shape index (κ3) is 4.64. The number of carbonyl (C=O) groups is 1. The Hall–Kier alpha value is -3.56. The molecule has 0 saturated carbocycles. The van der Waals surface area contributed by atoms with E-state index in [0.717, 1.165) is 48.1 Å². The number of piperidine rings is 1. The minimum Gasteiger partial charge on any atom is -0.493 e. The number of hydrogen-bond acceptors (Lipinski definition) is 6. The third-order valence-corrected chi connectivity index (χ3v) is 6.49. The maximum atomic E-state index is 12.4. The van der Waals surface area contributed by atoms with E-state index in [1.165, 1.54) is 17.8 Å². The van der Waals surface area contributed by atoms with E-state index in [4.69, 9.17) is 0 Å². The Labute approximate surface area is 195 Å². The maximum Gasteiger partial charge on any atom is 0.365 e. The Kier molecular flexibility index (Phi) is 6.14. The summed E-state index contributed by atoms with van der Waals surface area (Å²) < 4.78 is 1.83. The first-order chi connectivity index (χ1) is 16.2. The Balaban J connectivity index is 1.34. The van der Waals surface area contributed by atoms with Crippen LogP contribution >= 0.6 is 11.3 Å². The van der Waals surface area contributed by atoms with Crippen molar-refractivity contribution in [3.05, 3.63) is 60.0 Å². The van der Waals surface area contributed by atoms with Gasteiger partial charge in [0.05, 0.1) is 17.9 Å². The van der Waals surface area contributed by atoms with Gasteiger partial charge < -0.3 is 5.11 Å². The summed E-state index contributed by atoms with van der Waals surface area (Å²) in [6.07, 6.45) is 3.57. The zero-order valence-electron chi connectivity index (χ0n) is 18.0. The first kappa shape index (κ1) is 21.3. The van der Waals surface area contributed by atoms with E-state index in [-0.39, 0.29) is 5.88 Å². The number of likely N-dealkylation sites (tertiary alicyclic amines) is 1. The van der Waals surface area contributed by atoms with Gasteiger partial charge in [-0.2, -0.15) is 0 Å². The summed E-state index contributed by atoms with van der Waals surface area (Å²) in [5, 5.41) is 24.5. The van der Waals surface area contributed by atoms with Gasteiger partial charge in [-0.15, -0.1) is 16.5 Å². The van der Waals surface area contributed by atoms with Gasteiger partial charge in [0.15, 0.2) is 10.8 Å². The van der Waals surface area contributed by atoms with Gasteiger partial charge in [0.1, 0.15) is 0 Å². The molecule has 0 unspecified atom stereocenters. The molecule has 168 valence electrons. The molecule has 4 aromatic rings. The molecule has 5 rings (SSSR count). The molecular formula is C24H24N6O2S. The predicted molar refractivity (Wildman–Crippen MR) is 130 cm³/mol. The summed E-state index contributed by atoms with van der Waals surface area (Å²) in [5.41, 5.74) is 2.91. The lowest BCUT2D eigenvalue weighted by molar-refractivity contribution is 0.178. The van der Waals surface area contributed by atoms with Crippen LogP contribution in [0.4, 0.5) is 15.6 Å². The van der Waals surface area contributed by atoms with Crippen LogP contribution in [-0.4, -0.2) is 38.7 Å². The fourth-order valence-electron chi connectivity index (χ4n) is 4.10. The minimum absolute atomic E-state index is 0.0129. The van der Waals surface area contributed by atoms with Crippen LogP contribution in [0.1, 0.15) is 19.3 Å². The number of fused-ring (bicyclic) bond motifs is 1. The number of thiazole rings is 1. The first-order valence-corrected chi connectivity index (χ1v) is 11.8. The van der Waals surface area contributed by atoms with Crippen molar-refractivity contribution in [3.8, 4) is 17.1 Å². The van der Waals surface area contributed by atoms with E-state index in [2.05, 4.69) is 25.4 Å². The van der Waals surface area contributed by atoms with Crippen LogP contribution in [0.15, 0.2) is 70.2 Å². The summed E-state index contributed by atoms with van der Waals surface area (Å²) in [6, 6.07) is 16.7. The lowest BCUT2D eigenvalue weighted by Gasteiger charge is -2.27. The van der Waals surface area contributed by atoms with Crippen LogP contribution < -0.4 is 5.32 Å². The highest BCUT2D eigenvalue weighted by Gasteiger charge is 2.20. The number of aromatic nitrogens is 2. The van der Waals surface area contributed by atoms with Crippen molar-refractivity contribution in [2.24, 2.45) is 10.2 Å². The average Bonchev–Trinajstić information content (AvgIpc) is 3.42. The van der Waals surface area contributed by atoms with E-state index in [9.17, 15) is 9.90 Å². The van der Waals surface area contributed by atoms with Gasteiger partial charge >= 0.3 is 6.03 Å². The molecule has 2 aromatic heterocycles. The zero-order chi connectivity index (χ0) is 22.6. The fraction of sp³-hybridized carbons (Fsp3) is 0.250. The van der Waals surface area contributed by atoms with Gasteiger partial charge in [-0.25, -0.2) is 9.78 Å². The number of nitrogens with zero attached hydrogens (tertiary/aromatic N) is 5. The molecule has 2 aromatic carbocycles. The van der Waals surface area contributed by atoms with E-state index in [1.54, 1.807) is 0 Å². The summed E-state index contributed by atoms with van der Waals surface area (Å²) in [6.45, 7) is 2.59. The van der Waals surface area contributed by atoms with Crippen LogP contribution in [0.5, 0.6) is 5.88 Å². The summed E-state index contributed by atoms with van der Waals surface area (Å²) in [5.74, 6) is 0.0129. The fourth-order valence-corrected chi connectivity index (χ4v) is 4.81. The Morgan fingerprint density at radius 2 is 1.82 bits per heavy atom. The number of hydrogen-bond donors (Lipinski definition) is 2. The average molecular weight is 461 g/mol. The van der Waals surface area contributed by atoms with E-state index < -0.39 is 6.03 Å². The molecule has 2 N–H and O–H groups in total. The molecule has 1 fully saturated rings. The summed E-state index contributed by atoms with van der Waals surface area (Å²) >= 11 is 1.32. The third-order valence-electron chi connectivity index (χ3n) is 5.74. The molecule has 2 amide bonds. The van der Waals surface area contributed by atoms with Crippen molar-refractivity contribution in [2.75, 3.05) is 18.4 Å². The van der Waals surface area contributed by atoms with Gasteiger partial charge in [0, 0.05) is 16.3 Å². The number of nitrogens with one attached hydrogen (secondary N) is 1. The SMILES string of the molecule is O=C(N=Nc1c(O)n(CN2CCCCC2)c2ccccc12)Nc1nc(-c2ccccc2)cs1. The molecule has 3 heterocycles. The smallest absolute Gasteiger partial charge is 0.365 e. The molecule has 0 aliphatic carbocycles. The molecule has 1 aliphatic rings. The minimum atomic E-state index is -0.642. The van der Waals surface area contributed by atoms with E-state index >= 15 is 0 Å². The Morgan fingerprint density at radius 1 is 1.06 bits per heavy atom. The van der Waals surface area contributed by atoms with Crippen molar-refractivity contribution in [1.82, 2.24) is 14.5 Å². The molecule has 33 heavy (non-hydrogen) atoms. The van der Waals surface area contributed by atoms with Crippen LogP contribution in [0.2, 0.25) is 0 Å². The predicted octanol–water partition coefficient (Wildman–Crippen LogP) is 6.23. The highest BCUT2D eigenvalue weighted by Crippen LogP contribution is 2.39. The molecule has 1 aliphatic heterocycles. The number of rotatable bonds is 5. The Morgan fingerprint density at radius 3 is 2.64 bits per heavy atom. The van der Waals surface area contributed by atoms with Gasteiger partial charge in [-0.3, -0.25) is 14.8 Å². The van der Waals surface area contributed by atoms with Crippen LogP contribution in [0.3, 0.4) is 0 Å². The lowest BCUT2D eigenvalue weighted by Crippen LogP contribution is -2.31. The van der Waals surface area contributed by atoms with Crippen molar-refractivity contribution in [2.45, 2.75) is 25.9 Å². The van der Waals surface area contributed by atoms with Crippen LogP contribution in [0, 0.1) is 0 Å². The van der Waals surface area contributed by atoms with Gasteiger partial charge in [-0.1, -0.05) is 60.1 Å². The van der Waals surface area contributed by atoms with Gasteiger partial charge in [0.2, 0.25) is 5.88 Å². The first-order valence-electron chi connectivity index (χ1n) is 11.0. The molecular weight excluding hydrogens is 436 g/mol. The zero-order valence-corrected chi connectivity index (χ0v) is 18.8. The number of para-hydroxylation sites is 1. The van der Waals surface area contributed by atoms with Crippen molar-refractivity contribution in [3.63, 3.8) is 0 Å². The standard InChI is InChI=1S/C24H24N6O2S/c31-22-21(18-11-5-6-12-20(18)30(22)16-29-13-7-2-8-14-29)27-28-23(32)26-24-25-19(15-33-24)17-9-3-1-4-10-17/h1,3-6,9-12,15,31H,2,7-8,13-14,16H2,(H,25,26,32). The molecule has 8 nitrogen and oxygen atoms in total. The molecule has 0 spiro atoms. The van der Waals surface area contributed by atoms with Crippen molar-refractivity contribution < 1.29 is 9.90 Å². The number of anilines is 1. The second kappa shape index (κ2) is 9.51. The summed E-state index contributed by atoms with van der Waals surface area (Å²) in [7, 11) is 0. The molecule has 1 saturated heterocycles. The number of benzene rings is 2. The van der Waals surface area contributed by atoms with Crippen LogP contribution in [0.25, 0.3) is 22.2 Å². The molecule has 0 atom stereocenters. The number of amides is 2. The number of aromatic hydroxyl groups is 1. The highest BCUT2D eigenvalue weighted by molar-refractivity contribution is 7.14. The summed E-state index contributed by atoms with van der Waals surface area (Å²) in [4.78, 5) is 19.2. The number of carbonyl (C=O) groups excluding carboxylic acids is 1. The van der Waals surface area contributed by atoms with Crippen LogP contribution in [-0.2, 0) is 6.67 Å². The maximum absolute atomic E-state index is 12.4. The van der Waals surface area contributed by atoms with E-state index in [0.29, 0.717) is 17.5 Å². The van der Waals surface area contributed by atoms with Crippen molar-refractivity contribution in [1.29, 1.82) is 0 Å². The van der Waals surface area contributed by atoms with Gasteiger partial charge in [0.25, 0.3) is 0 Å². The lowest BCUT2D eigenvalue weighted by atomic mass is 10.1. The normalized spacial score (nSPS) is 14.8. The van der Waals surface area contributed by atoms with Crippen molar-refractivity contribution >= 4 is 39.1 Å². The number of azo groups is 1. The second-order valence-electron chi connectivity index (χ2n) is 7.97. The number of urea groups is 1. The monoisotopic (exact) mass is 460 g/mol. The molecule has 0 bridgehead atoms. The Bertz CT molecular complexity index is 1290. The van der Waals surface area contributed by atoms with E-state index in [1.807, 2.05) is 64.5 Å². The quantitative estimate of drug-likeness (QED) is 0.345. The van der Waals surface area contributed by atoms with Gasteiger partial charge in [-0.05, 0) is 32.0 Å². The second-order valence-corrected chi connectivity index (χ2v) is 8.83. The largest absolute Gasteiger partial charge is 0.493 e. The highest BCUT2D eigenvalue weighted by atomic mass is 32.1.